The molecule has 0 bridgehead atoms. The molecule has 0 rings (SSSR count). The monoisotopic (exact) mass is 159 g/mol. The highest BCUT2D eigenvalue weighted by atomic mass is 15.1. The zero-order chi connectivity index (χ0) is 9.11. The minimum absolute atomic E-state index is 1.19. The molecule has 11 heavy (non-hydrogen) atoms. The Kier molecular flexibility index (Phi) is 15.5. The first-order valence-corrected chi connectivity index (χ1v) is 4.98. The van der Waals surface area contributed by atoms with Gasteiger partial charge in [-0.25, -0.2) is 0 Å². The molecular weight excluding hydrogens is 134 g/mol. The molecule has 0 N–H and O–H groups in total. The van der Waals surface area contributed by atoms with Crippen molar-refractivity contribution in [3.63, 3.8) is 0 Å². The Hall–Kier alpha value is -0.0400. The first kappa shape index (κ1) is 13.5. The van der Waals surface area contributed by atoms with E-state index in [0.29, 0.717) is 0 Å². The van der Waals surface area contributed by atoms with Crippen molar-refractivity contribution in [1.29, 1.82) is 0 Å². The molecule has 0 aliphatic carbocycles. The van der Waals surface area contributed by atoms with Crippen LogP contribution in [0.3, 0.4) is 0 Å². The van der Waals surface area contributed by atoms with Crippen LogP contribution in [-0.4, -0.2) is 24.5 Å². The maximum Gasteiger partial charge on any atom is -0.00474 e. The summed E-state index contributed by atoms with van der Waals surface area (Å²) in [5, 5.41) is 0. The Morgan fingerprint density at radius 3 is 0.909 bits per heavy atom. The first-order chi connectivity index (χ1) is 5.26. The zero-order valence-electron chi connectivity index (χ0n) is 8.98. The average molecular weight is 159 g/mol. The molecule has 0 aromatic rings. The van der Waals surface area contributed by atoms with Crippen LogP contribution in [0.5, 0.6) is 0 Å². The van der Waals surface area contributed by atoms with Crippen molar-refractivity contribution in [3.8, 4) is 0 Å². The van der Waals surface area contributed by atoms with Gasteiger partial charge >= 0.3 is 0 Å². The highest BCUT2D eigenvalue weighted by Crippen LogP contribution is 1.81. The molecule has 1 nitrogen and oxygen atoms in total. The summed E-state index contributed by atoms with van der Waals surface area (Å²) >= 11 is 0. The van der Waals surface area contributed by atoms with Crippen LogP contribution in [0, 0.1) is 0 Å². The number of rotatable bonds is 4. The van der Waals surface area contributed by atoms with E-state index in [1.165, 1.54) is 32.5 Å². The van der Waals surface area contributed by atoms with Crippen molar-refractivity contribution in [3.05, 3.63) is 0 Å². The van der Waals surface area contributed by atoms with Crippen LogP contribution in [-0.2, 0) is 0 Å². The van der Waals surface area contributed by atoms with Crippen LogP contribution in [0.4, 0.5) is 0 Å². The van der Waals surface area contributed by atoms with Gasteiger partial charge in [0.15, 0.2) is 0 Å². The van der Waals surface area contributed by atoms with Crippen molar-refractivity contribution in [2.24, 2.45) is 0 Å². The molecule has 0 amide bonds. The summed E-state index contributed by atoms with van der Waals surface area (Å²) in [7, 11) is 0. The molecule has 0 aromatic carbocycles. The van der Waals surface area contributed by atoms with Gasteiger partial charge in [-0.2, -0.15) is 0 Å². The number of nitrogens with zero attached hydrogens (tertiary/aromatic N) is 1. The number of hydrogen-bond donors (Lipinski definition) is 0. The molecule has 1 heteroatoms. The second kappa shape index (κ2) is 12.6. The summed E-state index contributed by atoms with van der Waals surface area (Å²) < 4.78 is 0. The summed E-state index contributed by atoms with van der Waals surface area (Å²) in [6.07, 6.45) is 2.64. The number of hydrogen-bond acceptors (Lipinski definition) is 1. The van der Waals surface area contributed by atoms with Crippen LogP contribution in [0.25, 0.3) is 0 Å². The van der Waals surface area contributed by atoms with E-state index in [4.69, 9.17) is 0 Å². The molecule has 0 heterocycles. The average Bonchev–Trinajstić information content (AvgIpc) is 2.08. The van der Waals surface area contributed by atoms with Gasteiger partial charge in [-0.3, -0.25) is 0 Å². The summed E-state index contributed by atoms with van der Waals surface area (Å²) in [5.74, 6) is 0. The lowest BCUT2D eigenvalue weighted by molar-refractivity contribution is 0.321. The summed E-state index contributed by atoms with van der Waals surface area (Å²) in [4.78, 5) is 2.38. The second-order valence-electron chi connectivity index (χ2n) is 2.62. The van der Waals surface area contributed by atoms with Crippen molar-refractivity contribution in [2.45, 2.75) is 47.5 Å². The molecule has 0 atom stereocenters. The van der Waals surface area contributed by atoms with Gasteiger partial charge in [0.1, 0.15) is 0 Å². The van der Waals surface area contributed by atoms with Gasteiger partial charge in [0.25, 0.3) is 0 Å². The standard InChI is InChI=1S/C6H15N.C4H10/c1-4-7(5-2)6-3;1-3-4-2/h4-6H2,1-3H3;3-4H2,1-2H3. The van der Waals surface area contributed by atoms with Crippen molar-refractivity contribution >= 4 is 0 Å². The lowest BCUT2D eigenvalue weighted by Gasteiger charge is -2.13. The highest BCUT2D eigenvalue weighted by molar-refractivity contribution is 4.43. The van der Waals surface area contributed by atoms with Crippen molar-refractivity contribution in [2.75, 3.05) is 19.6 Å². The van der Waals surface area contributed by atoms with Crippen LogP contribution in [0.1, 0.15) is 47.5 Å². The van der Waals surface area contributed by atoms with Gasteiger partial charge < -0.3 is 4.90 Å². The molecule has 0 aromatic heterocycles. The molecule has 0 saturated heterocycles. The van der Waals surface area contributed by atoms with Gasteiger partial charge in [0.2, 0.25) is 0 Å². The fraction of sp³-hybridized carbons (Fsp3) is 1.00. The summed E-state index contributed by atoms with van der Waals surface area (Å²) in [5.41, 5.74) is 0. The normalized spacial score (nSPS) is 9.27. The van der Waals surface area contributed by atoms with Crippen LogP contribution in [0.2, 0.25) is 0 Å². The third-order valence-corrected chi connectivity index (χ3v) is 1.84. The van der Waals surface area contributed by atoms with Crippen LogP contribution in [0.15, 0.2) is 0 Å². The molecular formula is C10H25N. The largest absolute Gasteiger partial charge is 0.304 e. The third-order valence-electron chi connectivity index (χ3n) is 1.84. The third kappa shape index (κ3) is 13.0. The topological polar surface area (TPSA) is 3.24 Å². The first-order valence-electron chi connectivity index (χ1n) is 4.98. The van der Waals surface area contributed by atoms with Crippen molar-refractivity contribution < 1.29 is 0 Å². The van der Waals surface area contributed by atoms with E-state index in [2.05, 4.69) is 39.5 Å². The minimum atomic E-state index is 1.19. The molecule has 70 valence electrons. The van der Waals surface area contributed by atoms with Crippen LogP contribution >= 0.6 is 0 Å². The fourth-order valence-electron chi connectivity index (χ4n) is 0.671. The lowest BCUT2D eigenvalue weighted by atomic mass is 10.4. The van der Waals surface area contributed by atoms with E-state index in [0.717, 1.165) is 0 Å². The molecule has 0 radical (unpaired) electrons. The summed E-state index contributed by atoms with van der Waals surface area (Å²) in [6, 6.07) is 0. The van der Waals surface area contributed by atoms with Gasteiger partial charge in [-0.15, -0.1) is 0 Å². The van der Waals surface area contributed by atoms with Gasteiger partial charge in [0.05, 0.1) is 0 Å². The molecule has 0 aliphatic heterocycles. The van der Waals surface area contributed by atoms with Gasteiger partial charge in [0, 0.05) is 0 Å². The second-order valence-corrected chi connectivity index (χ2v) is 2.62. The van der Waals surface area contributed by atoms with Gasteiger partial charge in [-0.1, -0.05) is 47.5 Å². The highest BCUT2D eigenvalue weighted by Gasteiger charge is 1.89. The predicted octanol–water partition coefficient (Wildman–Crippen LogP) is 3.15. The van der Waals surface area contributed by atoms with E-state index < -0.39 is 0 Å². The van der Waals surface area contributed by atoms with E-state index in [-0.39, 0.29) is 0 Å². The van der Waals surface area contributed by atoms with E-state index in [9.17, 15) is 0 Å². The maximum atomic E-state index is 2.38. The lowest BCUT2D eigenvalue weighted by Crippen LogP contribution is -2.21. The Bertz CT molecular complexity index is 41.3. The fourth-order valence-corrected chi connectivity index (χ4v) is 0.671. The predicted molar refractivity (Wildman–Crippen MR) is 54.0 cm³/mol. The minimum Gasteiger partial charge on any atom is -0.304 e. The maximum absolute atomic E-state index is 2.38. The van der Waals surface area contributed by atoms with E-state index >= 15 is 0 Å². The summed E-state index contributed by atoms with van der Waals surface area (Å²) in [6.45, 7) is 14.5. The molecule has 0 spiro atoms. The molecule has 0 unspecified atom stereocenters. The quantitative estimate of drug-likeness (QED) is 0.609. The smallest absolute Gasteiger partial charge is 0.00474 e. The Balaban J connectivity index is 0. The Labute approximate surface area is 72.8 Å². The number of unbranched alkanes of at least 4 members (excludes halogenated alkanes) is 1. The Morgan fingerprint density at radius 2 is 0.909 bits per heavy atom. The molecule has 0 saturated carbocycles. The van der Waals surface area contributed by atoms with E-state index in [1.54, 1.807) is 0 Å². The van der Waals surface area contributed by atoms with E-state index in [1.807, 2.05) is 0 Å². The molecule has 0 fully saturated rings. The van der Waals surface area contributed by atoms with Crippen molar-refractivity contribution in [1.82, 2.24) is 4.90 Å². The van der Waals surface area contributed by atoms with Gasteiger partial charge in [-0.05, 0) is 19.6 Å². The Morgan fingerprint density at radius 1 is 0.636 bits per heavy atom. The molecule has 0 aliphatic rings. The van der Waals surface area contributed by atoms with Crippen LogP contribution < -0.4 is 0 Å². The SMILES string of the molecule is CCCC.CCN(CC)CC. The zero-order valence-corrected chi connectivity index (χ0v) is 8.98.